The Hall–Kier alpha value is -2.38. The fourth-order valence-corrected chi connectivity index (χ4v) is 3.16. The van der Waals surface area contributed by atoms with Gasteiger partial charge in [-0.25, -0.2) is 4.68 Å². The third-order valence-electron chi connectivity index (χ3n) is 4.60. The molecule has 1 aliphatic heterocycles. The van der Waals surface area contributed by atoms with Gasteiger partial charge in [0.05, 0.1) is 18.3 Å². The molecule has 2 heterocycles. The molecule has 1 fully saturated rings. The van der Waals surface area contributed by atoms with Crippen molar-refractivity contribution in [2.24, 2.45) is 0 Å². The molecule has 0 bridgehead atoms. The Bertz CT molecular complexity index is 794. The van der Waals surface area contributed by atoms with Crippen molar-refractivity contribution in [2.45, 2.75) is 38.3 Å². The van der Waals surface area contributed by atoms with Crippen LogP contribution < -0.4 is 10.9 Å². The Labute approximate surface area is 152 Å². The molecule has 26 heavy (non-hydrogen) atoms. The molecule has 7 heteroatoms. The van der Waals surface area contributed by atoms with Gasteiger partial charge in [-0.3, -0.25) is 14.7 Å². The lowest BCUT2D eigenvalue weighted by atomic mass is 10.1. The molecule has 1 aliphatic rings. The largest absolute Gasteiger partial charge is 0.379 e. The number of ether oxygens (including phenoxy) is 2. The number of H-pyrrole nitrogens is 1. The lowest BCUT2D eigenvalue weighted by molar-refractivity contribution is -0.0479. The van der Waals surface area contributed by atoms with Gasteiger partial charge in [0.25, 0.3) is 11.5 Å². The molecule has 0 radical (unpaired) electrons. The molecule has 2 atom stereocenters. The van der Waals surface area contributed by atoms with Crippen molar-refractivity contribution in [2.75, 3.05) is 20.3 Å². The van der Waals surface area contributed by atoms with Gasteiger partial charge < -0.3 is 14.8 Å². The standard InChI is InChI=1S/C19H25N3O4/c1-3-4-14-11-18(23)22(21-14)15-7-5-13(6-8-15)19(24)20-16-9-10-26-12-17(16)25-2/h5-8,11,16-17,21H,3-4,9-10,12H2,1-2H3,(H,20,24)/t16-,17-/m1/s1. The minimum Gasteiger partial charge on any atom is -0.379 e. The van der Waals surface area contributed by atoms with E-state index in [0.717, 1.165) is 25.0 Å². The van der Waals surface area contributed by atoms with Crippen LogP contribution in [0.4, 0.5) is 0 Å². The van der Waals surface area contributed by atoms with Crippen LogP contribution in [0.2, 0.25) is 0 Å². The fourth-order valence-electron chi connectivity index (χ4n) is 3.16. The summed E-state index contributed by atoms with van der Waals surface area (Å²) in [6.07, 6.45) is 2.38. The van der Waals surface area contributed by atoms with Crippen molar-refractivity contribution in [3.8, 4) is 5.69 Å². The molecular formula is C19H25N3O4. The van der Waals surface area contributed by atoms with E-state index in [1.807, 2.05) is 0 Å². The van der Waals surface area contributed by atoms with Gasteiger partial charge in [0.2, 0.25) is 0 Å². The monoisotopic (exact) mass is 359 g/mol. The zero-order valence-corrected chi connectivity index (χ0v) is 15.2. The van der Waals surface area contributed by atoms with Crippen LogP contribution >= 0.6 is 0 Å². The Balaban J connectivity index is 1.71. The number of nitrogens with zero attached hydrogens (tertiary/aromatic N) is 1. The smallest absolute Gasteiger partial charge is 0.271 e. The van der Waals surface area contributed by atoms with Gasteiger partial charge in [-0.2, -0.15) is 0 Å². The SMILES string of the molecule is CCCc1cc(=O)n(-c2ccc(C(=O)N[C@@H]3CCOC[C@H]3OC)cc2)[nH]1. The summed E-state index contributed by atoms with van der Waals surface area (Å²) in [4.78, 5) is 24.6. The van der Waals surface area contributed by atoms with E-state index < -0.39 is 0 Å². The van der Waals surface area contributed by atoms with Gasteiger partial charge in [0.1, 0.15) is 6.10 Å². The van der Waals surface area contributed by atoms with Crippen LogP contribution in [-0.2, 0) is 15.9 Å². The zero-order valence-electron chi connectivity index (χ0n) is 15.2. The van der Waals surface area contributed by atoms with Crippen LogP contribution in [0.15, 0.2) is 35.1 Å². The number of benzene rings is 1. The molecule has 1 saturated heterocycles. The average Bonchev–Trinajstić information content (AvgIpc) is 3.03. The molecule has 3 rings (SSSR count). The number of carbonyl (C=O) groups is 1. The Morgan fingerprint density at radius 1 is 1.38 bits per heavy atom. The summed E-state index contributed by atoms with van der Waals surface area (Å²) in [5.41, 5.74) is 2.05. The Kier molecular flexibility index (Phi) is 5.90. The normalized spacial score (nSPS) is 20.1. The summed E-state index contributed by atoms with van der Waals surface area (Å²) >= 11 is 0. The molecule has 2 N–H and O–H groups in total. The summed E-state index contributed by atoms with van der Waals surface area (Å²) < 4.78 is 12.2. The third-order valence-corrected chi connectivity index (χ3v) is 4.60. The summed E-state index contributed by atoms with van der Waals surface area (Å²) in [6, 6.07) is 8.52. The van der Waals surface area contributed by atoms with Crippen molar-refractivity contribution in [3.05, 3.63) is 51.9 Å². The van der Waals surface area contributed by atoms with E-state index in [-0.39, 0.29) is 23.6 Å². The number of methoxy groups -OCH3 is 1. The lowest BCUT2D eigenvalue weighted by Crippen LogP contribution is -2.49. The first kappa shape index (κ1) is 18.4. The first-order chi connectivity index (χ1) is 12.6. The fraction of sp³-hybridized carbons (Fsp3) is 0.474. The number of nitrogens with one attached hydrogen (secondary N) is 2. The van der Waals surface area contributed by atoms with Gasteiger partial charge >= 0.3 is 0 Å². The van der Waals surface area contributed by atoms with Crippen molar-refractivity contribution in [3.63, 3.8) is 0 Å². The first-order valence-corrected chi connectivity index (χ1v) is 8.95. The number of aromatic nitrogens is 2. The predicted molar refractivity (Wildman–Crippen MR) is 97.9 cm³/mol. The van der Waals surface area contributed by atoms with Crippen LogP contribution in [0.1, 0.15) is 35.8 Å². The van der Waals surface area contributed by atoms with Gasteiger partial charge in [-0.15, -0.1) is 0 Å². The number of aromatic amines is 1. The number of carbonyl (C=O) groups excluding carboxylic acids is 1. The minimum atomic E-state index is -0.156. The minimum absolute atomic E-state index is 0.0662. The number of amides is 1. The highest BCUT2D eigenvalue weighted by Gasteiger charge is 2.27. The van der Waals surface area contributed by atoms with Crippen molar-refractivity contribution in [1.82, 2.24) is 15.1 Å². The van der Waals surface area contributed by atoms with Gasteiger partial charge in [0.15, 0.2) is 0 Å². The van der Waals surface area contributed by atoms with E-state index in [9.17, 15) is 9.59 Å². The Morgan fingerprint density at radius 2 is 2.15 bits per heavy atom. The quantitative estimate of drug-likeness (QED) is 0.821. The molecule has 0 saturated carbocycles. The molecule has 140 valence electrons. The number of hydrogen-bond donors (Lipinski definition) is 2. The topological polar surface area (TPSA) is 85.3 Å². The van der Waals surface area contributed by atoms with E-state index in [0.29, 0.717) is 24.5 Å². The Morgan fingerprint density at radius 3 is 2.85 bits per heavy atom. The molecule has 1 amide bonds. The van der Waals surface area contributed by atoms with Crippen LogP contribution in [0.25, 0.3) is 5.69 Å². The number of hydrogen-bond acceptors (Lipinski definition) is 4. The van der Waals surface area contributed by atoms with Crippen molar-refractivity contribution >= 4 is 5.91 Å². The molecule has 0 spiro atoms. The summed E-state index contributed by atoms with van der Waals surface area (Å²) in [5, 5.41) is 6.11. The van der Waals surface area contributed by atoms with Crippen LogP contribution in [0.3, 0.4) is 0 Å². The number of rotatable bonds is 6. The summed E-state index contributed by atoms with van der Waals surface area (Å²) in [7, 11) is 1.62. The van der Waals surface area contributed by atoms with Crippen molar-refractivity contribution < 1.29 is 14.3 Å². The second kappa shape index (κ2) is 8.33. The number of aryl methyl sites for hydroxylation is 1. The summed E-state index contributed by atoms with van der Waals surface area (Å²) in [6.45, 7) is 3.16. The van der Waals surface area contributed by atoms with Gasteiger partial charge in [-0.05, 0) is 37.1 Å². The van der Waals surface area contributed by atoms with E-state index in [1.165, 1.54) is 4.68 Å². The van der Waals surface area contributed by atoms with Gasteiger partial charge in [-0.1, -0.05) is 13.3 Å². The van der Waals surface area contributed by atoms with Crippen molar-refractivity contribution in [1.29, 1.82) is 0 Å². The highest BCUT2D eigenvalue weighted by molar-refractivity contribution is 5.94. The average molecular weight is 359 g/mol. The van der Waals surface area contributed by atoms with E-state index in [2.05, 4.69) is 17.3 Å². The maximum atomic E-state index is 12.5. The van der Waals surface area contributed by atoms with Crippen LogP contribution in [0, 0.1) is 0 Å². The molecule has 1 aromatic carbocycles. The lowest BCUT2D eigenvalue weighted by Gasteiger charge is -2.31. The second-order valence-electron chi connectivity index (χ2n) is 6.47. The maximum absolute atomic E-state index is 12.5. The molecule has 7 nitrogen and oxygen atoms in total. The highest BCUT2D eigenvalue weighted by Crippen LogP contribution is 2.13. The molecular weight excluding hydrogens is 334 g/mol. The van der Waals surface area contributed by atoms with E-state index >= 15 is 0 Å². The van der Waals surface area contributed by atoms with Gasteiger partial charge in [0, 0.05) is 31.0 Å². The third kappa shape index (κ3) is 4.05. The van der Waals surface area contributed by atoms with E-state index in [1.54, 1.807) is 37.4 Å². The maximum Gasteiger partial charge on any atom is 0.271 e. The summed E-state index contributed by atoms with van der Waals surface area (Å²) in [5.74, 6) is -0.156. The molecule has 0 aliphatic carbocycles. The van der Waals surface area contributed by atoms with Crippen LogP contribution in [0.5, 0.6) is 0 Å². The predicted octanol–water partition coefficient (Wildman–Crippen LogP) is 1.65. The zero-order chi connectivity index (χ0) is 18.5. The molecule has 0 unspecified atom stereocenters. The second-order valence-corrected chi connectivity index (χ2v) is 6.47. The first-order valence-electron chi connectivity index (χ1n) is 8.95. The molecule has 1 aromatic heterocycles. The van der Waals surface area contributed by atoms with E-state index in [4.69, 9.17) is 9.47 Å². The van der Waals surface area contributed by atoms with Crippen LogP contribution in [-0.4, -0.2) is 48.2 Å². The molecule has 2 aromatic rings. The highest BCUT2D eigenvalue weighted by atomic mass is 16.5.